The van der Waals surface area contributed by atoms with Crippen molar-refractivity contribution in [3.8, 4) is 0 Å². The van der Waals surface area contributed by atoms with Crippen molar-refractivity contribution >= 4 is 5.97 Å². The van der Waals surface area contributed by atoms with E-state index in [4.69, 9.17) is 9.84 Å². The molecular weight excluding hydrogens is 252 g/mol. The van der Waals surface area contributed by atoms with Gasteiger partial charge in [-0.15, -0.1) is 0 Å². The highest BCUT2D eigenvalue weighted by Crippen LogP contribution is 2.44. The molecule has 0 spiro atoms. The molecule has 0 saturated heterocycles. The Balaban J connectivity index is 1.97. The Hall–Kier alpha value is -1.35. The van der Waals surface area contributed by atoms with Gasteiger partial charge in [0.25, 0.3) is 0 Å². The Morgan fingerprint density at radius 2 is 2.00 bits per heavy atom. The first-order valence-corrected chi connectivity index (χ1v) is 7.43. The molecule has 3 heteroatoms. The molecule has 1 aromatic carbocycles. The molecule has 20 heavy (non-hydrogen) atoms. The third-order valence-electron chi connectivity index (χ3n) is 4.24. The number of carbonyl (C=O) groups is 1. The molecule has 0 heterocycles. The lowest BCUT2D eigenvalue weighted by atomic mass is 9.90. The predicted molar refractivity (Wildman–Crippen MR) is 79.0 cm³/mol. The summed E-state index contributed by atoms with van der Waals surface area (Å²) in [4.78, 5) is 11.0. The minimum Gasteiger partial charge on any atom is -0.481 e. The number of hydrogen-bond donors (Lipinski definition) is 1. The van der Waals surface area contributed by atoms with E-state index < -0.39 is 5.97 Å². The van der Waals surface area contributed by atoms with Crippen LogP contribution in [0.3, 0.4) is 0 Å². The summed E-state index contributed by atoms with van der Waals surface area (Å²) in [6.45, 7) is 2.07. The van der Waals surface area contributed by atoms with Gasteiger partial charge in [-0.2, -0.15) is 0 Å². The second-order valence-electron chi connectivity index (χ2n) is 5.87. The summed E-state index contributed by atoms with van der Waals surface area (Å²) in [5.41, 5.74) is 2.47. The van der Waals surface area contributed by atoms with Crippen molar-refractivity contribution in [3.05, 3.63) is 35.4 Å². The summed E-state index contributed by atoms with van der Waals surface area (Å²) in [5, 5.41) is 9.04. The van der Waals surface area contributed by atoms with Crippen LogP contribution >= 0.6 is 0 Å². The van der Waals surface area contributed by atoms with E-state index in [2.05, 4.69) is 31.2 Å². The van der Waals surface area contributed by atoms with E-state index in [0.29, 0.717) is 5.92 Å². The molecule has 110 valence electrons. The van der Waals surface area contributed by atoms with E-state index in [1.54, 1.807) is 7.11 Å². The van der Waals surface area contributed by atoms with Crippen LogP contribution in [0.2, 0.25) is 0 Å². The van der Waals surface area contributed by atoms with Gasteiger partial charge in [-0.1, -0.05) is 24.3 Å². The maximum atomic E-state index is 11.0. The molecule has 0 amide bonds. The fraction of sp³-hybridized carbons (Fsp3) is 0.588. The predicted octanol–water partition coefficient (Wildman–Crippen LogP) is 3.62. The zero-order valence-corrected chi connectivity index (χ0v) is 12.3. The standard InChI is InChI=1S/C17H24O3/c1-12(20-2)3-4-13-5-7-14(8-6-13)16(11-17(18)19)15-9-10-15/h5-8,12,15-16H,3-4,9-11H2,1-2H3,(H,18,19). The van der Waals surface area contributed by atoms with Gasteiger partial charge in [-0.05, 0) is 55.6 Å². The molecule has 1 fully saturated rings. The van der Waals surface area contributed by atoms with E-state index >= 15 is 0 Å². The minimum absolute atomic E-state index is 0.194. The van der Waals surface area contributed by atoms with Crippen LogP contribution in [0.4, 0.5) is 0 Å². The molecule has 1 saturated carbocycles. The Labute approximate surface area is 121 Å². The number of carboxylic acid groups (broad SMARTS) is 1. The molecule has 1 aromatic rings. The average Bonchev–Trinajstić information content (AvgIpc) is 3.27. The summed E-state index contributed by atoms with van der Waals surface area (Å²) in [6.07, 6.45) is 4.89. The van der Waals surface area contributed by atoms with Gasteiger partial charge in [0.2, 0.25) is 0 Å². The largest absolute Gasteiger partial charge is 0.481 e. The molecule has 2 rings (SSSR count). The van der Waals surface area contributed by atoms with Crippen molar-refractivity contribution in [2.75, 3.05) is 7.11 Å². The van der Waals surface area contributed by atoms with Crippen molar-refractivity contribution in [1.29, 1.82) is 0 Å². The average molecular weight is 276 g/mol. The normalized spacial score (nSPS) is 17.7. The fourth-order valence-electron chi connectivity index (χ4n) is 2.66. The summed E-state index contributed by atoms with van der Waals surface area (Å²) in [5.74, 6) is 0.0739. The number of carboxylic acids is 1. The van der Waals surface area contributed by atoms with E-state index in [1.165, 1.54) is 24.0 Å². The Kier molecular flexibility index (Phi) is 5.18. The van der Waals surface area contributed by atoms with Crippen molar-refractivity contribution in [3.63, 3.8) is 0 Å². The number of aliphatic carboxylic acids is 1. The maximum Gasteiger partial charge on any atom is 0.303 e. The number of ether oxygens (including phenoxy) is 1. The quantitative estimate of drug-likeness (QED) is 0.788. The summed E-state index contributed by atoms with van der Waals surface area (Å²) in [6, 6.07) is 8.49. The van der Waals surface area contributed by atoms with Crippen LogP contribution in [-0.4, -0.2) is 24.3 Å². The highest BCUT2D eigenvalue weighted by atomic mass is 16.5. The smallest absolute Gasteiger partial charge is 0.303 e. The molecule has 2 atom stereocenters. The highest BCUT2D eigenvalue weighted by molar-refractivity contribution is 5.68. The summed E-state index contributed by atoms with van der Waals surface area (Å²) in [7, 11) is 1.74. The van der Waals surface area contributed by atoms with Gasteiger partial charge >= 0.3 is 5.97 Å². The lowest BCUT2D eigenvalue weighted by Gasteiger charge is -2.15. The first kappa shape index (κ1) is 15.0. The van der Waals surface area contributed by atoms with Crippen molar-refractivity contribution in [2.24, 2.45) is 5.92 Å². The molecule has 0 bridgehead atoms. The van der Waals surface area contributed by atoms with E-state index in [9.17, 15) is 4.79 Å². The monoisotopic (exact) mass is 276 g/mol. The van der Waals surface area contributed by atoms with Crippen molar-refractivity contribution in [1.82, 2.24) is 0 Å². The van der Waals surface area contributed by atoms with Gasteiger partial charge in [-0.25, -0.2) is 0 Å². The summed E-state index contributed by atoms with van der Waals surface area (Å²) >= 11 is 0. The summed E-state index contributed by atoms with van der Waals surface area (Å²) < 4.78 is 5.25. The third kappa shape index (κ3) is 4.34. The molecule has 0 radical (unpaired) electrons. The number of benzene rings is 1. The molecule has 1 aliphatic carbocycles. The molecule has 1 N–H and O–H groups in total. The first-order chi connectivity index (χ1) is 9.60. The second-order valence-corrected chi connectivity index (χ2v) is 5.87. The van der Waals surface area contributed by atoms with Gasteiger partial charge in [0.05, 0.1) is 12.5 Å². The van der Waals surface area contributed by atoms with Gasteiger partial charge < -0.3 is 9.84 Å². The fourth-order valence-corrected chi connectivity index (χ4v) is 2.66. The van der Waals surface area contributed by atoms with Crippen LogP contribution in [0.5, 0.6) is 0 Å². The molecular formula is C17H24O3. The second kappa shape index (κ2) is 6.89. The molecule has 2 unspecified atom stereocenters. The van der Waals surface area contributed by atoms with Crippen LogP contribution in [0.25, 0.3) is 0 Å². The van der Waals surface area contributed by atoms with E-state index in [1.807, 2.05) is 0 Å². The van der Waals surface area contributed by atoms with Crippen LogP contribution < -0.4 is 0 Å². The lowest BCUT2D eigenvalue weighted by Crippen LogP contribution is -2.09. The van der Waals surface area contributed by atoms with Gasteiger partial charge in [0, 0.05) is 7.11 Å². The Morgan fingerprint density at radius 3 is 2.50 bits per heavy atom. The zero-order valence-electron chi connectivity index (χ0n) is 12.3. The van der Waals surface area contributed by atoms with Crippen molar-refractivity contribution < 1.29 is 14.6 Å². The van der Waals surface area contributed by atoms with Crippen LogP contribution in [-0.2, 0) is 16.0 Å². The van der Waals surface area contributed by atoms with Crippen LogP contribution in [0, 0.1) is 5.92 Å². The SMILES string of the molecule is COC(C)CCc1ccc(C(CC(=O)O)C2CC2)cc1. The molecule has 1 aliphatic rings. The van der Waals surface area contributed by atoms with Crippen LogP contribution in [0.1, 0.15) is 49.7 Å². The van der Waals surface area contributed by atoms with E-state index in [-0.39, 0.29) is 18.4 Å². The molecule has 3 nitrogen and oxygen atoms in total. The molecule has 0 aromatic heterocycles. The van der Waals surface area contributed by atoms with Gasteiger partial charge in [0.1, 0.15) is 0 Å². The Morgan fingerprint density at radius 1 is 1.35 bits per heavy atom. The van der Waals surface area contributed by atoms with Crippen molar-refractivity contribution in [2.45, 2.75) is 51.0 Å². The lowest BCUT2D eigenvalue weighted by molar-refractivity contribution is -0.137. The topological polar surface area (TPSA) is 46.5 Å². The minimum atomic E-state index is -0.695. The van der Waals surface area contributed by atoms with E-state index in [0.717, 1.165) is 12.8 Å². The molecule has 0 aliphatic heterocycles. The number of hydrogen-bond acceptors (Lipinski definition) is 2. The first-order valence-electron chi connectivity index (χ1n) is 7.43. The third-order valence-corrected chi connectivity index (χ3v) is 4.24. The van der Waals surface area contributed by atoms with Gasteiger partial charge in [-0.3, -0.25) is 4.79 Å². The van der Waals surface area contributed by atoms with Gasteiger partial charge in [0.15, 0.2) is 0 Å². The Bertz CT molecular complexity index is 434. The number of methoxy groups -OCH3 is 1. The highest BCUT2D eigenvalue weighted by Gasteiger charge is 2.33. The van der Waals surface area contributed by atoms with Crippen LogP contribution in [0.15, 0.2) is 24.3 Å². The number of aryl methyl sites for hydroxylation is 1. The number of rotatable bonds is 8. The zero-order chi connectivity index (χ0) is 14.5. The maximum absolute atomic E-state index is 11.0.